The molecular formula is C47H37N4Pt-. The molecule has 3 heterocycles. The Bertz CT molecular complexity index is 2650. The number of nitrogens with zero attached hydrogens (tertiary/aromatic N) is 4. The van der Waals surface area contributed by atoms with E-state index in [4.69, 9.17) is 4.98 Å². The number of hydrogen-bond donors (Lipinski definition) is 0. The van der Waals surface area contributed by atoms with Crippen LogP contribution in [-0.2, 0) is 33.5 Å². The molecule has 0 atom stereocenters. The Morgan fingerprint density at radius 1 is 0.615 bits per heavy atom. The van der Waals surface area contributed by atoms with Gasteiger partial charge in [0.15, 0.2) is 17.4 Å². The summed E-state index contributed by atoms with van der Waals surface area (Å²) in [6.07, 6.45) is 4.07. The summed E-state index contributed by atoms with van der Waals surface area (Å²) in [6, 6.07) is 62.2. The van der Waals surface area contributed by atoms with Gasteiger partial charge in [0, 0.05) is 63.1 Å². The van der Waals surface area contributed by atoms with Crippen LogP contribution in [0.15, 0.2) is 164 Å². The molecule has 9 aromatic rings. The molecule has 0 saturated heterocycles. The predicted molar refractivity (Wildman–Crippen MR) is 209 cm³/mol. The first kappa shape index (κ1) is 33.6. The van der Waals surface area contributed by atoms with Crippen LogP contribution in [0.3, 0.4) is 0 Å². The predicted octanol–water partition coefficient (Wildman–Crippen LogP) is 10.8. The van der Waals surface area contributed by atoms with E-state index < -0.39 is 5.41 Å². The van der Waals surface area contributed by atoms with E-state index in [2.05, 4.69) is 205 Å². The maximum Gasteiger partial charge on any atom is 0.188 e. The van der Waals surface area contributed by atoms with E-state index in [0.717, 1.165) is 61.2 Å². The smallest absolute Gasteiger partial charge is 0.188 e. The van der Waals surface area contributed by atoms with E-state index in [0.29, 0.717) is 5.92 Å². The standard InChI is InChI=1S/C47H37N4.Pt/c1-33(2)34-27-28-48-46(29-34)51-42-22-11-10-21-40(42)41-26-25-38(31-45(41)51)47(35-15-6-4-7-16-35,36-17-8-5-9-18-36)37-19-14-20-39(30-37)50-32-49(3)43-23-12-13-24-44(43)50;/h4-29,32-33H,1-3H3;/q-1;. The van der Waals surface area contributed by atoms with Crippen molar-refractivity contribution < 1.29 is 21.1 Å². The number of rotatable bonds is 7. The van der Waals surface area contributed by atoms with Crippen LogP contribution in [0, 0.1) is 12.1 Å². The average molecular weight is 853 g/mol. The second kappa shape index (κ2) is 13.5. The molecule has 0 bridgehead atoms. The molecule has 0 fully saturated rings. The molecule has 3 aromatic heterocycles. The molecule has 0 N–H and O–H groups in total. The summed E-state index contributed by atoms with van der Waals surface area (Å²) in [5.41, 5.74) is 10.3. The number of aromatic nitrogens is 4. The summed E-state index contributed by atoms with van der Waals surface area (Å²) < 4.78 is 6.69. The van der Waals surface area contributed by atoms with Crippen molar-refractivity contribution in [1.29, 1.82) is 0 Å². The third-order valence-electron chi connectivity index (χ3n) is 10.3. The van der Waals surface area contributed by atoms with Gasteiger partial charge in [0.1, 0.15) is 5.82 Å². The molecular weight excluding hydrogens is 816 g/mol. The number of fused-ring (bicyclic) bond motifs is 4. The molecule has 0 unspecified atom stereocenters. The van der Waals surface area contributed by atoms with Gasteiger partial charge in [-0.1, -0.05) is 104 Å². The van der Waals surface area contributed by atoms with Gasteiger partial charge in [0.25, 0.3) is 0 Å². The Morgan fingerprint density at radius 2 is 1.25 bits per heavy atom. The van der Waals surface area contributed by atoms with E-state index in [1.807, 2.05) is 6.20 Å². The van der Waals surface area contributed by atoms with Gasteiger partial charge in [-0.05, 0) is 58.3 Å². The van der Waals surface area contributed by atoms with Crippen molar-refractivity contribution in [2.45, 2.75) is 25.2 Å². The molecule has 0 amide bonds. The second-order valence-electron chi connectivity index (χ2n) is 13.6. The maximum atomic E-state index is 4.93. The first-order valence-electron chi connectivity index (χ1n) is 17.6. The van der Waals surface area contributed by atoms with Gasteiger partial charge in [-0.3, -0.25) is 0 Å². The number of aryl methyl sites for hydroxylation is 1. The number of hydrogen-bond acceptors (Lipinski definition) is 1. The fourth-order valence-electron chi connectivity index (χ4n) is 7.85. The maximum absolute atomic E-state index is 4.93. The van der Waals surface area contributed by atoms with Crippen LogP contribution in [0.1, 0.15) is 47.6 Å². The van der Waals surface area contributed by atoms with Gasteiger partial charge >= 0.3 is 0 Å². The van der Waals surface area contributed by atoms with Crippen LogP contribution >= 0.6 is 0 Å². The summed E-state index contributed by atoms with van der Waals surface area (Å²) in [6.45, 7) is 4.45. The third kappa shape index (κ3) is 5.33. The van der Waals surface area contributed by atoms with Crippen molar-refractivity contribution >= 4 is 32.8 Å². The second-order valence-corrected chi connectivity index (χ2v) is 13.6. The summed E-state index contributed by atoms with van der Waals surface area (Å²) in [5.74, 6) is 1.28. The molecule has 5 heteroatoms. The molecule has 4 nitrogen and oxygen atoms in total. The Morgan fingerprint density at radius 3 is 1.96 bits per heavy atom. The van der Waals surface area contributed by atoms with Crippen molar-refractivity contribution in [2.75, 3.05) is 0 Å². The topological polar surface area (TPSA) is 27.7 Å². The van der Waals surface area contributed by atoms with Crippen LogP contribution in [0.4, 0.5) is 0 Å². The summed E-state index contributed by atoms with van der Waals surface area (Å²) in [7, 11) is 2.09. The fraction of sp³-hybridized carbons (Fsp3) is 0.106. The zero-order valence-corrected chi connectivity index (χ0v) is 31.5. The molecule has 0 radical (unpaired) electrons. The van der Waals surface area contributed by atoms with Gasteiger partial charge in [0.05, 0.1) is 0 Å². The quantitative estimate of drug-likeness (QED) is 0.116. The van der Waals surface area contributed by atoms with Crippen LogP contribution in [-0.4, -0.2) is 18.7 Å². The molecule has 0 aliphatic heterocycles. The summed E-state index contributed by atoms with van der Waals surface area (Å²) >= 11 is 0. The monoisotopic (exact) mass is 852 g/mol. The van der Waals surface area contributed by atoms with Crippen molar-refractivity contribution in [3.63, 3.8) is 0 Å². The van der Waals surface area contributed by atoms with Gasteiger partial charge < -0.3 is 4.57 Å². The molecule has 6 aromatic carbocycles. The molecule has 0 aliphatic carbocycles. The third-order valence-corrected chi connectivity index (χ3v) is 10.3. The summed E-state index contributed by atoms with van der Waals surface area (Å²) in [5, 5.41) is 2.32. The average Bonchev–Trinajstić information content (AvgIpc) is 3.70. The van der Waals surface area contributed by atoms with Crippen molar-refractivity contribution in [3.05, 3.63) is 204 Å². The van der Waals surface area contributed by atoms with Crippen LogP contribution < -0.4 is 0 Å². The van der Waals surface area contributed by atoms with Crippen molar-refractivity contribution in [1.82, 2.24) is 18.7 Å². The molecule has 0 aliphatic rings. The van der Waals surface area contributed by atoms with Crippen molar-refractivity contribution in [2.24, 2.45) is 7.05 Å². The Labute approximate surface area is 318 Å². The normalized spacial score (nSPS) is 11.8. The number of pyridine rings is 1. The first-order valence-corrected chi connectivity index (χ1v) is 17.6. The first-order chi connectivity index (χ1) is 25.0. The van der Waals surface area contributed by atoms with Gasteiger partial charge in [-0.15, -0.1) is 22.6 Å². The minimum absolute atomic E-state index is 0. The number of imidazole rings is 1. The number of para-hydroxylation sites is 3. The van der Waals surface area contributed by atoms with Crippen LogP contribution in [0.2, 0.25) is 0 Å². The molecule has 9 rings (SSSR count). The summed E-state index contributed by atoms with van der Waals surface area (Å²) in [4.78, 5) is 4.93. The minimum atomic E-state index is -0.744. The molecule has 52 heavy (non-hydrogen) atoms. The Hall–Kier alpha value is -5.57. The van der Waals surface area contributed by atoms with E-state index in [-0.39, 0.29) is 21.1 Å². The van der Waals surface area contributed by atoms with E-state index in [1.165, 1.54) is 10.9 Å². The van der Waals surface area contributed by atoms with Crippen molar-refractivity contribution in [3.8, 4) is 11.5 Å². The Kier molecular flexibility index (Phi) is 8.73. The van der Waals surface area contributed by atoms with E-state index in [9.17, 15) is 0 Å². The fourth-order valence-corrected chi connectivity index (χ4v) is 7.85. The van der Waals surface area contributed by atoms with Gasteiger partial charge in [-0.2, -0.15) is 30.3 Å². The SMILES string of the molecule is CC(C)c1ccnc(-n2c3[c-]c(C(c4[c-]c(-n5[cH+]n(C)c6ccccc65)ccc4)(c4ccccc4)c4ccccc4)ccc3c3ccccc32)c1.[Pt]. The molecule has 256 valence electrons. The largest absolute Gasteiger partial charge is 0.319 e. The van der Waals surface area contributed by atoms with Gasteiger partial charge in [0.2, 0.25) is 0 Å². The van der Waals surface area contributed by atoms with Crippen LogP contribution in [0.5, 0.6) is 0 Å². The molecule has 0 saturated carbocycles. The van der Waals surface area contributed by atoms with Crippen LogP contribution in [0.25, 0.3) is 44.3 Å². The van der Waals surface area contributed by atoms with Gasteiger partial charge in [-0.25, -0.2) is 14.1 Å². The zero-order valence-electron chi connectivity index (χ0n) is 29.3. The van der Waals surface area contributed by atoms with E-state index in [1.54, 1.807) is 0 Å². The molecule has 0 spiro atoms. The Balaban J connectivity index is 0.00000387. The zero-order chi connectivity index (χ0) is 34.5. The number of benzene rings is 6. The van der Waals surface area contributed by atoms with E-state index >= 15 is 0 Å². The minimum Gasteiger partial charge on any atom is -0.319 e.